The van der Waals surface area contributed by atoms with E-state index in [2.05, 4.69) is 9.97 Å². The summed E-state index contributed by atoms with van der Waals surface area (Å²) in [4.78, 5) is 48.2. The smallest absolute Gasteiger partial charge is 0.335 e. The number of aromatic carboxylic acids is 1. The molecule has 0 radical (unpaired) electrons. The number of anilines is 1. The van der Waals surface area contributed by atoms with Crippen molar-refractivity contribution in [2.75, 3.05) is 12.0 Å². The van der Waals surface area contributed by atoms with E-state index in [1.54, 1.807) is 30.5 Å². The molecule has 2 N–H and O–H groups in total. The molecule has 0 saturated carbocycles. The predicted octanol–water partition coefficient (Wildman–Crippen LogP) is 4.64. The van der Waals surface area contributed by atoms with Crippen LogP contribution in [0.25, 0.3) is 16.0 Å². The molecule has 1 saturated heterocycles. The van der Waals surface area contributed by atoms with Gasteiger partial charge in [0.05, 0.1) is 40.1 Å². The molecular weight excluding hydrogens is 494 g/mol. The zero-order valence-electron chi connectivity index (χ0n) is 20.1. The first kappa shape index (κ1) is 24.1. The van der Waals surface area contributed by atoms with Crippen LogP contribution in [0.3, 0.4) is 0 Å². The molecule has 1 fully saturated rings. The molecule has 10 heteroatoms. The highest BCUT2D eigenvalue weighted by Crippen LogP contribution is 2.45. The lowest BCUT2D eigenvalue weighted by Gasteiger charge is -2.23. The van der Waals surface area contributed by atoms with Gasteiger partial charge in [0.25, 0.3) is 5.78 Å². The fourth-order valence-corrected chi connectivity index (χ4v) is 5.61. The van der Waals surface area contributed by atoms with E-state index in [0.717, 1.165) is 22.5 Å². The summed E-state index contributed by atoms with van der Waals surface area (Å²) in [5, 5.41) is 21.0. The number of fused-ring (bicyclic) bond motifs is 1. The first-order chi connectivity index (χ1) is 17.7. The third-order valence-corrected chi connectivity index (χ3v) is 7.17. The summed E-state index contributed by atoms with van der Waals surface area (Å²) < 4.78 is 6.06. The number of ketones is 1. The lowest BCUT2D eigenvalue weighted by atomic mass is 9.94. The second kappa shape index (κ2) is 9.14. The molecule has 9 nitrogen and oxygen atoms in total. The number of pyridine rings is 1. The van der Waals surface area contributed by atoms with Gasteiger partial charge in [0, 0.05) is 12.4 Å². The second-order valence-electron chi connectivity index (χ2n) is 8.60. The van der Waals surface area contributed by atoms with Gasteiger partial charge in [-0.3, -0.25) is 19.5 Å². The minimum Gasteiger partial charge on any atom is -0.507 e. The molecule has 3 heterocycles. The number of carbonyl (C=O) groups excluding carboxylic acids is 2. The van der Waals surface area contributed by atoms with Gasteiger partial charge in [-0.15, -0.1) is 0 Å². The van der Waals surface area contributed by atoms with Crippen LogP contribution in [0, 0.1) is 13.8 Å². The fraction of sp³-hybridized carbons (Fsp3) is 0.148. The molecule has 1 atom stereocenters. The van der Waals surface area contributed by atoms with E-state index in [4.69, 9.17) is 4.74 Å². The minimum absolute atomic E-state index is 0.0791. The van der Waals surface area contributed by atoms with Gasteiger partial charge in [0.2, 0.25) is 0 Å². The molecule has 0 aliphatic carbocycles. The van der Waals surface area contributed by atoms with Crippen molar-refractivity contribution in [1.82, 2.24) is 9.97 Å². The number of Topliss-reactive ketones (excluding diaryl/α,β-unsaturated/α-hetero) is 1. The van der Waals surface area contributed by atoms with E-state index in [0.29, 0.717) is 27.1 Å². The number of aliphatic hydroxyl groups excluding tert-OH is 1. The number of thiazole rings is 1. The van der Waals surface area contributed by atoms with Crippen LogP contribution >= 0.6 is 11.3 Å². The zero-order valence-corrected chi connectivity index (χ0v) is 20.9. The normalized spacial score (nSPS) is 16.9. The Hall–Kier alpha value is -4.57. The second-order valence-corrected chi connectivity index (χ2v) is 9.61. The third kappa shape index (κ3) is 4.01. The molecule has 1 aliphatic rings. The van der Waals surface area contributed by atoms with E-state index in [1.165, 1.54) is 30.3 Å². The summed E-state index contributed by atoms with van der Waals surface area (Å²) in [5.74, 6) is -2.81. The van der Waals surface area contributed by atoms with Gasteiger partial charge >= 0.3 is 11.9 Å². The Morgan fingerprint density at radius 3 is 2.57 bits per heavy atom. The number of hydrogen-bond donors (Lipinski definition) is 2. The van der Waals surface area contributed by atoms with Crippen molar-refractivity contribution in [2.45, 2.75) is 19.9 Å². The van der Waals surface area contributed by atoms with Gasteiger partial charge in [-0.05, 0) is 60.9 Å². The van der Waals surface area contributed by atoms with Gasteiger partial charge in [0.1, 0.15) is 11.5 Å². The van der Waals surface area contributed by atoms with Crippen LogP contribution in [-0.2, 0) is 9.59 Å². The lowest BCUT2D eigenvalue weighted by Crippen LogP contribution is -2.29. The maximum Gasteiger partial charge on any atom is 0.335 e. The number of amides is 1. The molecule has 1 unspecified atom stereocenters. The maximum absolute atomic E-state index is 13.4. The van der Waals surface area contributed by atoms with Crippen LogP contribution in [0.1, 0.15) is 38.7 Å². The van der Waals surface area contributed by atoms with Crippen LogP contribution in [0.5, 0.6) is 5.75 Å². The summed E-state index contributed by atoms with van der Waals surface area (Å²) in [6.07, 6.45) is 3.08. The van der Waals surface area contributed by atoms with Crippen molar-refractivity contribution in [2.24, 2.45) is 0 Å². The number of ether oxygens (including phenoxy) is 1. The number of aliphatic hydroxyl groups is 1. The molecule has 37 heavy (non-hydrogen) atoms. The van der Waals surface area contributed by atoms with Gasteiger partial charge in [-0.2, -0.15) is 0 Å². The Kier molecular flexibility index (Phi) is 5.96. The molecule has 5 rings (SSSR count). The molecule has 0 spiro atoms. The number of hydrogen-bond acceptors (Lipinski definition) is 8. The molecule has 186 valence electrons. The van der Waals surface area contributed by atoms with Crippen molar-refractivity contribution in [3.63, 3.8) is 0 Å². The van der Waals surface area contributed by atoms with Crippen molar-refractivity contribution < 1.29 is 29.3 Å². The summed E-state index contributed by atoms with van der Waals surface area (Å²) in [7, 11) is 1.47. The van der Waals surface area contributed by atoms with E-state index >= 15 is 0 Å². The minimum atomic E-state index is -1.09. The number of carbonyl (C=O) groups is 3. The quantitative estimate of drug-likeness (QED) is 0.223. The number of benzene rings is 2. The van der Waals surface area contributed by atoms with Crippen molar-refractivity contribution in [1.29, 1.82) is 0 Å². The maximum atomic E-state index is 13.4. The Balaban J connectivity index is 1.75. The van der Waals surface area contributed by atoms with Crippen molar-refractivity contribution in [3.05, 3.63) is 88.2 Å². The fourth-order valence-electron chi connectivity index (χ4n) is 4.58. The predicted molar refractivity (Wildman–Crippen MR) is 138 cm³/mol. The first-order valence-electron chi connectivity index (χ1n) is 11.2. The molecule has 2 aromatic heterocycles. The van der Waals surface area contributed by atoms with E-state index in [9.17, 15) is 24.6 Å². The average molecular weight is 516 g/mol. The van der Waals surface area contributed by atoms with Crippen LogP contribution in [0.4, 0.5) is 5.13 Å². The van der Waals surface area contributed by atoms with Crippen LogP contribution in [-0.4, -0.2) is 45.0 Å². The molecule has 2 aromatic carbocycles. The molecule has 1 aliphatic heterocycles. The highest BCUT2D eigenvalue weighted by atomic mass is 32.1. The number of methoxy groups -OCH3 is 1. The highest BCUT2D eigenvalue weighted by Gasteiger charge is 2.48. The molecule has 4 aromatic rings. The Morgan fingerprint density at radius 2 is 1.89 bits per heavy atom. The number of aryl methyl sites for hydroxylation is 2. The van der Waals surface area contributed by atoms with Crippen molar-refractivity contribution >= 4 is 50.1 Å². The number of carboxylic acid groups (broad SMARTS) is 1. The Labute approximate surface area is 215 Å². The van der Waals surface area contributed by atoms with E-state index in [1.807, 2.05) is 19.9 Å². The van der Waals surface area contributed by atoms with Gasteiger partial charge < -0.3 is 14.9 Å². The Morgan fingerprint density at radius 1 is 1.11 bits per heavy atom. The Bertz CT molecular complexity index is 1630. The first-order valence-corrected chi connectivity index (χ1v) is 12.0. The lowest BCUT2D eigenvalue weighted by molar-refractivity contribution is -0.132. The van der Waals surface area contributed by atoms with Crippen LogP contribution in [0.15, 0.2) is 60.4 Å². The van der Waals surface area contributed by atoms with Crippen molar-refractivity contribution in [3.8, 4) is 5.75 Å². The standard InChI is InChI=1S/C27H21N3O6S/c1-13-9-14(2)24(36-3)17(10-13)22(31)20-21(16-5-4-8-28-12-16)30(25(33)23(20)32)27-29-18-7-6-15(26(34)35)11-19(18)37-27/h4-12,21,31H,1-3H3,(H,34,35)/b22-20+. The monoisotopic (exact) mass is 515 g/mol. The summed E-state index contributed by atoms with van der Waals surface area (Å²) in [6.45, 7) is 3.68. The van der Waals surface area contributed by atoms with Crippen LogP contribution in [0.2, 0.25) is 0 Å². The summed E-state index contributed by atoms with van der Waals surface area (Å²) in [6, 6.07) is 10.4. The average Bonchev–Trinajstić information content (AvgIpc) is 3.41. The SMILES string of the molecule is COc1c(C)cc(C)cc1/C(O)=C1\C(=O)C(=O)N(c2nc3ccc(C(=O)O)cc3s2)C1c1cccnc1. The highest BCUT2D eigenvalue weighted by molar-refractivity contribution is 7.22. The topological polar surface area (TPSA) is 130 Å². The van der Waals surface area contributed by atoms with Gasteiger partial charge in [-0.1, -0.05) is 23.5 Å². The summed E-state index contributed by atoms with van der Waals surface area (Å²) >= 11 is 1.08. The van der Waals surface area contributed by atoms with Crippen LogP contribution < -0.4 is 9.64 Å². The third-order valence-electron chi connectivity index (χ3n) is 6.15. The van der Waals surface area contributed by atoms with E-state index in [-0.39, 0.29) is 22.0 Å². The summed E-state index contributed by atoms with van der Waals surface area (Å²) in [5.41, 5.74) is 2.83. The van der Waals surface area contributed by atoms with E-state index < -0.39 is 23.7 Å². The largest absolute Gasteiger partial charge is 0.507 e. The molecule has 1 amide bonds. The van der Waals surface area contributed by atoms with Gasteiger partial charge in [-0.25, -0.2) is 9.78 Å². The molecule has 0 bridgehead atoms. The number of carboxylic acids is 1. The number of aromatic nitrogens is 2. The molecular formula is C27H21N3O6S. The number of rotatable bonds is 5. The number of nitrogens with zero attached hydrogens (tertiary/aromatic N) is 3. The zero-order chi connectivity index (χ0) is 26.4. The van der Waals surface area contributed by atoms with Gasteiger partial charge in [0.15, 0.2) is 5.13 Å².